The number of ether oxygens (including phenoxy) is 1. The maximum atomic E-state index is 13.1. The fourth-order valence-corrected chi connectivity index (χ4v) is 3.97. The predicted molar refractivity (Wildman–Crippen MR) is 94.4 cm³/mol. The van der Waals surface area contributed by atoms with E-state index in [1.807, 2.05) is 17.0 Å². The number of methoxy groups -OCH3 is 1. The third-order valence-electron chi connectivity index (χ3n) is 5.43. The molecule has 2 aliphatic rings. The Morgan fingerprint density at radius 2 is 2.29 bits per heavy atom. The van der Waals surface area contributed by atoms with Gasteiger partial charge in [-0.1, -0.05) is 12.1 Å². The second-order valence-electron chi connectivity index (χ2n) is 7.10. The number of fused-ring (bicyclic) bond motifs is 1. The standard InChI is InChI=1S/C19H28N2O3/c1-24-12-9-19(14-22)8-4-11-21(13-19)18(23)16-7-2-5-15-6-3-10-20-17(15)16/h2,5,7,20,22H,3-4,6,8-14H2,1H3. The summed E-state index contributed by atoms with van der Waals surface area (Å²) in [5.41, 5.74) is 2.78. The van der Waals surface area contributed by atoms with Crippen molar-refractivity contribution in [2.24, 2.45) is 5.41 Å². The first-order valence-corrected chi connectivity index (χ1v) is 8.94. The Labute approximate surface area is 144 Å². The molecule has 2 N–H and O–H groups in total. The van der Waals surface area contributed by atoms with Crippen molar-refractivity contribution in [1.82, 2.24) is 4.90 Å². The molecule has 1 aromatic carbocycles. The number of rotatable bonds is 5. The molecule has 1 saturated heterocycles. The molecule has 1 amide bonds. The maximum Gasteiger partial charge on any atom is 0.255 e. The molecule has 0 saturated carbocycles. The van der Waals surface area contributed by atoms with Crippen molar-refractivity contribution in [2.75, 3.05) is 45.3 Å². The Balaban J connectivity index is 1.80. The van der Waals surface area contributed by atoms with Gasteiger partial charge in [0.15, 0.2) is 0 Å². The quantitative estimate of drug-likeness (QED) is 0.868. The summed E-state index contributed by atoms with van der Waals surface area (Å²) in [6.07, 6.45) is 4.80. The number of anilines is 1. The number of likely N-dealkylation sites (tertiary alicyclic amines) is 1. The third kappa shape index (κ3) is 3.42. The highest BCUT2D eigenvalue weighted by Gasteiger charge is 2.37. The number of carbonyl (C=O) groups is 1. The van der Waals surface area contributed by atoms with E-state index in [9.17, 15) is 9.90 Å². The number of aliphatic hydroxyl groups excluding tert-OH is 1. The molecule has 5 nitrogen and oxygen atoms in total. The summed E-state index contributed by atoms with van der Waals surface area (Å²) in [6, 6.07) is 6.00. The SMILES string of the molecule is COCCC1(CO)CCCN(C(=O)c2cccc3c2NCCC3)C1. The topological polar surface area (TPSA) is 61.8 Å². The van der Waals surface area contributed by atoms with Crippen molar-refractivity contribution in [3.8, 4) is 0 Å². The summed E-state index contributed by atoms with van der Waals surface area (Å²) < 4.78 is 5.20. The molecule has 5 heteroatoms. The van der Waals surface area contributed by atoms with Crippen LogP contribution in [0.3, 0.4) is 0 Å². The summed E-state index contributed by atoms with van der Waals surface area (Å²) in [5.74, 6) is 0.0798. The van der Waals surface area contributed by atoms with Crippen molar-refractivity contribution in [2.45, 2.75) is 32.1 Å². The smallest absolute Gasteiger partial charge is 0.255 e. The van der Waals surface area contributed by atoms with Gasteiger partial charge < -0.3 is 20.1 Å². The van der Waals surface area contributed by atoms with E-state index < -0.39 is 0 Å². The number of nitrogens with zero attached hydrogens (tertiary/aromatic N) is 1. The molecule has 0 bridgehead atoms. The van der Waals surface area contributed by atoms with E-state index in [0.717, 1.165) is 56.4 Å². The molecular weight excluding hydrogens is 304 g/mol. The van der Waals surface area contributed by atoms with Crippen LogP contribution in [-0.4, -0.2) is 55.9 Å². The zero-order valence-corrected chi connectivity index (χ0v) is 14.5. The third-order valence-corrected chi connectivity index (χ3v) is 5.43. The van der Waals surface area contributed by atoms with Crippen molar-refractivity contribution in [1.29, 1.82) is 0 Å². The lowest BCUT2D eigenvalue weighted by Crippen LogP contribution is -2.48. The Hall–Kier alpha value is -1.59. The van der Waals surface area contributed by atoms with Gasteiger partial charge in [-0.2, -0.15) is 0 Å². The second kappa shape index (κ2) is 7.53. The largest absolute Gasteiger partial charge is 0.396 e. The summed E-state index contributed by atoms with van der Waals surface area (Å²) in [4.78, 5) is 15.0. The summed E-state index contributed by atoms with van der Waals surface area (Å²) in [5, 5.41) is 13.3. The monoisotopic (exact) mass is 332 g/mol. The zero-order chi connectivity index (χ0) is 17.0. The highest BCUT2D eigenvalue weighted by Crippen LogP contribution is 2.35. The predicted octanol–water partition coefficient (Wildman–Crippen LogP) is 2.30. The first-order valence-electron chi connectivity index (χ1n) is 8.94. The van der Waals surface area contributed by atoms with E-state index in [1.165, 1.54) is 5.56 Å². The number of piperidine rings is 1. The Morgan fingerprint density at radius 3 is 3.08 bits per heavy atom. The first kappa shape index (κ1) is 17.2. The van der Waals surface area contributed by atoms with Crippen LogP contribution in [0.5, 0.6) is 0 Å². The van der Waals surface area contributed by atoms with Gasteiger partial charge in [0, 0.05) is 38.8 Å². The molecule has 3 rings (SSSR count). The molecule has 0 aromatic heterocycles. The van der Waals surface area contributed by atoms with Crippen LogP contribution in [0.1, 0.15) is 41.6 Å². The Kier molecular flexibility index (Phi) is 5.41. The minimum atomic E-state index is -0.230. The lowest BCUT2D eigenvalue weighted by atomic mass is 9.78. The number of benzene rings is 1. The van der Waals surface area contributed by atoms with E-state index in [4.69, 9.17) is 4.74 Å². The molecule has 132 valence electrons. The van der Waals surface area contributed by atoms with E-state index in [-0.39, 0.29) is 17.9 Å². The second-order valence-corrected chi connectivity index (χ2v) is 7.10. The molecular formula is C19H28N2O3. The van der Waals surface area contributed by atoms with Crippen LogP contribution in [0.2, 0.25) is 0 Å². The molecule has 2 aliphatic heterocycles. The van der Waals surface area contributed by atoms with Gasteiger partial charge in [0.25, 0.3) is 5.91 Å². The van der Waals surface area contributed by atoms with Crippen LogP contribution < -0.4 is 5.32 Å². The number of amides is 1. The molecule has 1 unspecified atom stereocenters. The number of aryl methyl sites for hydroxylation is 1. The van der Waals surface area contributed by atoms with Crippen LogP contribution in [-0.2, 0) is 11.2 Å². The minimum Gasteiger partial charge on any atom is -0.396 e. The molecule has 2 heterocycles. The lowest BCUT2D eigenvalue weighted by molar-refractivity contribution is 0.00902. The van der Waals surface area contributed by atoms with Crippen LogP contribution in [0.25, 0.3) is 0 Å². The summed E-state index contributed by atoms with van der Waals surface area (Å²) in [6.45, 7) is 3.01. The van der Waals surface area contributed by atoms with Crippen LogP contribution in [0.15, 0.2) is 18.2 Å². The molecule has 1 atom stereocenters. The molecule has 0 radical (unpaired) electrons. The average molecular weight is 332 g/mol. The number of hydrogen-bond acceptors (Lipinski definition) is 4. The number of aliphatic hydroxyl groups is 1. The highest BCUT2D eigenvalue weighted by atomic mass is 16.5. The average Bonchev–Trinajstić information content (AvgIpc) is 2.65. The van der Waals surface area contributed by atoms with Gasteiger partial charge in [-0.3, -0.25) is 4.79 Å². The van der Waals surface area contributed by atoms with E-state index >= 15 is 0 Å². The fourth-order valence-electron chi connectivity index (χ4n) is 3.97. The number of nitrogens with one attached hydrogen (secondary N) is 1. The first-order chi connectivity index (χ1) is 11.7. The van der Waals surface area contributed by atoms with Gasteiger partial charge in [-0.15, -0.1) is 0 Å². The normalized spacial score (nSPS) is 23.5. The highest BCUT2D eigenvalue weighted by molar-refractivity contribution is 6.00. The van der Waals surface area contributed by atoms with Gasteiger partial charge in [-0.25, -0.2) is 0 Å². The van der Waals surface area contributed by atoms with Crippen molar-refractivity contribution < 1.29 is 14.6 Å². The molecule has 1 fully saturated rings. The van der Waals surface area contributed by atoms with Gasteiger partial charge >= 0.3 is 0 Å². The lowest BCUT2D eigenvalue weighted by Gasteiger charge is -2.42. The van der Waals surface area contributed by atoms with Crippen LogP contribution in [0, 0.1) is 5.41 Å². The number of hydrogen-bond donors (Lipinski definition) is 2. The Bertz CT molecular complexity index is 590. The van der Waals surface area contributed by atoms with Gasteiger partial charge in [-0.05, 0) is 43.7 Å². The molecule has 0 spiro atoms. The zero-order valence-electron chi connectivity index (χ0n) is 14.5. The minimum absolute atomic E-state index is 0.0798. The van der Waals surface area contributed by atoms with Crippen molar-refractivity contribution in [3.05, 3.63) is 29.3 Å². The van der Waals surface area contributed by atoms with Crippen LogP contribution in [0.4, 0.5) is 5.69 Å². The van der Waals surface area contributed by atoms with E-state index in [0.29, 0.717) is 13.2 Å². The molecule has 0 aliphatic carbocycles. The van der Waals surface area contributed by atoms with Crippen molar-refractivity contribution in [3.63, 3.8) is 0 Å². The summed E-state index contributed by atoms with van der Waals surface area (Å²) >= 11 is 0. The number of para-hydroxylation sites is 1. The Morgan fingerprint density at radius 1 is 1.42 bits per heavy atom. The van der Waals surface area contributed by atoms with Gasteiger partial charge in [0.2, 0.25) is 0 Å². The van der Waals surface area contributed by atoms with Gasteiger partial charge in [0.1, 0.15) is 0 Å². The van der Waals surface area contributed by atoms with E-state index in [2.05, 4.69) is 11.4 Å². The van der Waals surface area contributed by atoms with Gasteiger partial charge in [0.05, 0.1) is 17.9 Å². The summed E-state index contributed by atoms with van der Waals surface area (Å²) in [7, 11) is 1.68. The fraction of sp³-hybridized carbons (Fsp3) is 0.632. The van der Waals surface area contributed by atoms with Crippen molar-refractivity contribution >= 4 is 11.6 Å². The molecule has 24 heavy (non-hydrogen) atoms. The van der Waals surface area contributed by atoms with E-state index in [1.54, 1.807) is 7.11 Å². The number of carbonyl (C=O) groups excluding carboxylic acids is 1. The molecule has 1 aromatic rings. The van der Waals surface area contributed by atoms with Crippen LogP contribution >= 0.6 is 0 Å². The maximum absolute atomic E-state index is 13.1.